The Kier molecular flexibility index (Phi) is 5.42. The van der Waals surface area contributed by atoms with Crippen LogP contribution in [0.4, 0.5) is 5.69 Å². The summed E-state index contributed by atoms with van der Waals surface area (Å²) in [4.78, 5) is 30.3. The van der Waals surface area contributed by atoms with Crippen molar-refractivity contribution in [1.82, 2.24) is 4.98 Å². The fraction of sp³-hybridized carbons (Fsp3) is 0.316. The fourth-order valence-electron chi connectivity index (χ4n) is 2.87. The number of hydrogen-bond donors (Lipinski definition) is 0. The predicted octanol–water partition coefficient (Wildman–Crippen LogP) is 3.15. The van der Waals surface area contributed by atoms with E-state index in [0.29, 0.717) is 16.6 Å². The van der Waals surface area contributed by atoms with Crippen molar-refractivity contribution < 1.29 is 19.1 Å². The summed E-state index contributed by atoms with van der Waals surface area (Å²) in [5, 5.41) is 0.379. The van der Waals surface area contributed by atoms with Crippen molar-refractivity contribution in [2.75, 3.05) is 18.6 Å². The molecule has 0 radical (unpaired) electrons. The van der Waals surface area contributed by atoms with Gasteiger partial charge in [-0.25, -0.2) is 4.98 Å². The van der Waals surface area contributed by atoms with Gasteiger partial charge in [-0.2, -0.15) is 0 Å². The minimum absolute atomic E-state index is 0.0987. The zero-order chi connectivity index (χ0) is 18.7. The maximum atomic E-state index is 12.4. The van der Waals surface area contributed by atoms with Gasteiger partial charge in [-0.3, -0.25) is 9.59 Å². The number of carbonyl (C=O) groups is 2. The number of halogens is 1. The topological polar surface area (TPSA) is 68.7 Å². The maximum Gasteiger partial charge on any atom is 0.311 e. The number of rotatable bonds is 5. The number of aromatic nitrogens is 1. The summed E-state index contributed by atoms with van der Waals surface area (Å²) in [6, 6.07) is 8.98. The van der Waals surface area contributed by atoms with E-state index in [1.807, 2.05) is 25.1 Å². The van der Waals surface area contributed by atoms with E-state index in [1.165, 1.54) is 0 Å². The first-order chi connectivity index (χ1) is 12.5. The highest BCUT2D eigenvalue weighted by Gasteiger charge is 2.37. The summed E-state index contributed by atoms with van der Waals surface area (Å²) in [7, 11) is 1.56. The number of methoxy groups -OCH3 is 1. The Morgan fingerprint density at radius 1 is 1.35 bits per heavy atom. The summed E-state index contributed by atoms with van der Waals surface area (Å²) >= 11 is 5.73. The van der Waals surface area contributed by atoms with Crippen molar-refractivity contribution in [3.63, 3.8) is 0 Å². The summed E-state index contributed by atoms with van der Waals surface area (Å²) < 4.78 is 10.7. The number of esters is 1. The molecule has 0 aliphatic carbocycles. The zero-order valence-corrected chi connectivity index (χ0v) is 15.3. The molecule has 0 N–H and O–H groups in total. The predicted molar refractivity (Wildman–Crippen MR) is 97.2 cm³/mol. The van der Waals surface area contributed by atoms with Crippen LogP contribution in [-0.4, -0.2) is 30.5 Å². The molecule has 1 atom stereocenters. The van der Waals surface area contributed by atoms with Crippen molar-refractivity contribution in [2.24, 2.45) is 5.92 Å². The lowest BCUT2D eigenvalue weighted by atomic mass is 10.1. The van der Waals surface area contributed by atoms with Crippen LogP contribution in [0.25, 0.3) is 0 Å². The van der Waals surface area contributed by atoms with Crippen LogP contribution in [0.3, 0.4) is 0 Å². The van der Waals surface area contributed by atoms with Gasteiger partial charge in [-0.15, -0.1) is 0 Å². The summed E-state index contributed by atoms with van der Waals surface area (Å²) in [6.07, 6.45) is 1.67. The Hall–Kier alpha value is -2.60. The van der Waals surface area contributed by atoms with Gasteiger partial charge in [0, 0.05) is 24.7 Å². The number of hydrogen-bond acceptors (Lipinski definition) is 5. The van der Waals surface area contributed by atoms with Gasteiger partial charge >= 0.3 is 5.97 Å². The van der Waals surface area contributed by atoms with Crippen LogP contribution in [0.2, 0.25) is 5.15 Å². The highest BCUT2D eigenvalue weighted by molar-refractivity contribution is 6.29. The molecule has 1 amide bonds. The molecular weight excluding hydrogens is 356 g/mol. The van der Waals surface area contributed by atoms with E-state index in [2.05, 4.69) is 4.98 Å². The first-order valence-electron chi connectivity index (χ1n) is 8.20. The van der Waals surface area contributed by atoms with Crippen molar-refractivity contribution in [3.05, 3.63) is 52.8 Å². The molecule has 26 heavy (non-hydrogen) atoms. The van der Waals surface area contributed by atoms with Gasteiger partial charge in [-0.1, -0.05) is 23.7 Å². The standard InChI is InChI=1S/C19H19ClN2O4/c1-12-3-5-16(25-2)15(7-12)22-10-14(8-18(22)23)19(24)26-11-13-4-6-17(20)21-9-13/h3-7,9,14H,8,10-11H2,1-2H3. The first kappa shape index (κ1) is 18.2. The molecule has 1 aromatic carbocycles. The molecule has 0 spiro atoms. The lowest BCUT2D eigenvalue weighted by Gasteiger charge is -2.20. The molecule has 0 saturated carbocycles. The van der Waals surface area contributed by atoms with Crippen molar-refractivity contribution >= 4 is 29.2 Å². The van der Waals surface area contributed by atoms with Crippen LogP contribution in [-0.2, 0) is 20.9 Å². The molecule has 1 fully saturated rings. The number of anilines is 1. The third kappa shape index (κ3) is 3.96. The Balaban J connectivity index is 1.66. The SMILES string of the molecule is COc1ccc(C)cc1N1CC(C(=O)OCc2ccc(Cl)nc2)CC1=O. The highest BCUT2D eigenvalue weighted by Crippen LogP contribution is 2.34. The van der Waals surface area contributed by atoms with Crippen LogP contribution >= 0.6 is 11.6 Å². The fourth-order valence-corrected chi connectivity index (χ4v) is 2.99. The van der Waals surface area contributed by atoms with Crippen LogP contribution in [0.5, 0.6) is 5.75 Å². The Morgan fingerprint density at radius 2 is 2.15 bits per heavy atom. The number of benzene rings is 1. The third-order valence-electron chi connectivity index (χ3n) is 4.25. The van der Waals surface area contributed by atoms with Gasteiger partial charge in [0.2, 0.25) is 5.91 Å². The van der Waals surface area contributed by atoms with E-state index in [-0.39, 0.29) is 25.5 Å². The van der Waals surface area contributed by atoms with Crippen LogP contribution in [0.1, 0.15) is 17.5 Å². The second-order valence-corrected chi connectivity index (χ2v) is 6.56. The minimum Gasteiger partial charge on any atom is -0.495 e. The third-order valence-corrected chi connectivity index (χ3v) is 4.48. The average Bonchev–Trinajstić information content (AvgIpc) is 3.02. The molecule has 3 rings (SSSR count). The van der Waals surface area contributed by atoms with E-state index in [9.17, 15) is 9.59 Å². The smallest absolute Gasteiger partial charge is 0.311 e. The number of aryl methyl sites for hydroxylation is 1. The van der Waals surface area contributed by atoms with E-state index in [4.69, 9.17) is 21.1 Å². The number of pyridine rings is 1. The van der Waals surface area contributed by atoms with Gasteiger partial charge in [0.15, 0.2) is 0 Å². The van der Waals surface area contributed by atoms with Gasteiger partial charge in [0.05, 0.1) is 18.7 Å². The summed E-state index contributed by atoms with van der Waals surface area (Å²) in [5.41, 5.74) is 2.42. The lowest BCUT2D eigenvalue weighted by molar-refractivity contribution is -0.149. The second kappa shape index (κ2) is 7.74. The summed E-state index contributed by atoms with van der Waals surface area (Å²) in [5.74, 6) is -0.426. The van der Waals surface area contributed by atoms with Crippen LogP contribution < -0.4 is 9.64 Å². The molecular formula is C19H19ClN2O4. The quantitative estimate of drug-likeness (QED) is 0.594. The van der Waals surface area contributed by atoms with Crippen molar-refractivity contribution in [3.8, 4) is 5.75 Å². The van der Waals surface area contributed by atoms with E-state index >= 15 is 0 Å². The molecule has 0 bridgehead atoms. The highest BCUT2D eigenvalue weighted by atomic mass is 35.5. The van der Waals surface area contributed by atoms with Gasteiger partial charge in [0.1, 0.15) is 17.5 Å². The van der Waals surface area contributed by atoms with E-state index in [1.54, 1.807) is 30.3 Å². The molecule has 2 heterocycles. The monoisotopic (exact) mass is 374 g/mol. The maximum absolute atomic E-state index is 12.4. The average molecular weight is 375 g/mol. The lowest BCUT2D eigenvalue weighted by Crippen LogP contribution is -2.27. The molecule has 1 aromatic heterocycles. The van der Waals surface area contributed by atoms with E-state index < -0.39 is 11.9 Å². The minimum atomic E-state index is -0.507. The molecule has 136 valence electrons. The second-order valence-electron chi connectivity index (χ2n) is 6.18. The van der Waals surface area contributed by atoms with E-state index in [0.717, 1.165) is 11.1 Å². The molecule has 1 aliphatic rings. The molecule has 1 saturated heterocycles. The largest absolute Gasteiger partial charge is 0.495 e. The zero-order valence-electron chi connectivity index (χ0n) is 14.6. The normalized spacial score (nSPS) is 16.7. The van der Waals surface area contributed by atoms with Gasteiger partial charge < -0.3 is 14.4 Å². The Morgan fingerprint density at radius 3 is 2.85 bits per heavy atom. The first-order valence-corrected chi connectivity index (χ1v) is 8.58. The molecule has 2 aromatic rings. The summed E-state index contributed by atoms with van der Waals surface area (Å²) in [6.45, 7) is 2.31. The van der Waals surface area contributed by atoms with Crippen molar-refractivity contribution in [1.29, 1.82) is 0 Å². The number of ether oxygens (including phenoxy) is 2. The number of carbonyl (C=O) groups excluding carboxylic acids is 2. The number of nitrogens with zero attached hydrogens (tertiary/aromatic N) is 2. The molecule has 1 aliphatic heterocycles. The molecule has 1 unspecified atom stereocenters. The van der Waals surface area contributed by atoms with Gasteiger partial charge in [-0.05, 0) is 30.7 Å². The molecule has 7 heteroatoms. The van der Waals surface area contributed by atoms with Crippen molar-refractivity contribution in [2.45, 2.75) is 20.0 Å². The van der Waals surface area contributed by atoms with Crippen LogP contribution in [0, 0.1) is 12.8 Å². The number of amides is 1. The Labute approximate surface area is 156 Å². The van der Waals surface area contributed by atoms with Crippen LogP contribution in [0.15, 0.2) is 36.5 Å². The molecule has 6 nitrogen and oxygen atoms in total. The van der Waals surface area contributed by atoms with Gasteiger partial charge in [0.25, 0.3) is 0 Å². The Bertz CT molecular complexity index is 823.